The van der Waals surface area contributed by atoms with Gasteiger partial charge in [-0.3, -0.25) is 0 Å². The van der Waals surface area contributed by atoms with Gasteiger partial charge in [0.1, 0.15) is 0 Å². The number of hydrogen-bond donors (Lipinski definition) is 0. The van der Waals surface area contributed by atoms with Gasteiger partial charge in [0.25, 0.3) is 0 Å². The van der Waals surface area contributed by atoms with E-state index in [0.717, 1.165) is 12.8 Å². The van der Waals surface area contributed by atoms with Crippen molar-refractivity contribution in [2.24, 2.45) is 10.9 Å². The van der Waals surface area contributed by atoms with E-state index in [1.807, 2.05) is 0 Å². The highest BCUT2D eigenvalue weighted by molar-refractivity contribution is 5.33. The maximum atomic E-state index is 9.91. The van der Waals surface area contributed by atoms with Crippen molar-refractivity contribution >= 4 is 6.08 Å². The number of nitrogens with zero attached hydrogens (tertiary/aromatic N) is 1. The highest BCUT2D eigenvalue weighted by Gasteiger charge is 2.19. The van der Waals surface area contributed by atoms with Crippen LogP contribution < -0.4 is 0 Å². The summed E-state index contributed by atoms with van der Waals surface area (Å²) >= 11 is 0. The molecule has 0 N–H and O–H groups in total. The zero-order valence-electron chi connectivity index (χ0n) is 6.21. The van der Waals surface area contributed by atoms with Gasteiger partial charge >= 0.3 is 0 Å². The lowest BCUT2D eigenvalue weighted by Gasteiger charge is -2.23. The molecule has 1 fully saturated rings. The standard InChI is InChI=1S/C8H12NO/c1-7-4-2-3-5-8(7)9-6-10/h3,7-8H,2,4-5H2,1H3. The van der Waals surface area contributed by atoms with Gasteiger partial charge in [-0.05, 0) is 31.6 Å². The molecule has 1 aliphatic rings. The van der Waals surface area contributed by atoms with Crippen LogP contribution >= 0.6 is 0 Å². The van der Waals surface area contributed by atoms with Crippen molar-refractivity contribution in [2.75, 3.05) is 0 Å². The summed E-state index contributed by atoms with van der Waals surface area (Å²) in [6, 6.07) is 0.214. The van der Waals surface area contributed by atoms with E-state index >= 15 is 0 Å². The first-order valence-corrected chi connectivity index (χ1v) is 3.73. The van der Waals surface area contributed by atoms with E-state index in [2.05, 4.69) is 18.3 Å². The van der Waals surface area contributed by atoms with Gasteiger partial charge in [-0.25, -0.2) is 9.79 Å². The largest absolute Gasteiger partial charge is 0.235 e. The number of isocyanates is 1. The molecule has 2 heteroatoms. The zero-order valence-corrected chi connectivity index (χ0v) is 6.21. The van der Waals surface area contributed by atoms with Gasteiger partial charge in [-0.15, -0.1) is 0 Å². The second-order valence-electron chi connectivity index (χ2n) is 2.87. The van der Waals surface area contributed by atoms with Crippen LogP contribution in [0.1, 0.15) is 26.2 Å². The maximum Gasteiger partial charge on any atom is 0.235 e. The SMILES string of the molecule is CC1CC[CH]CC1N=C=O. The van der Waals surface area contributed by atoms with E-state index in [-0.39, 0.29) is 6.04 Å². The Bertz CT molecular complexity index is 149. The summed E-state index contributed by atoms with van der Waals surface area (Å²) in [5.74, 6) is 0.562. The first-order chi connectivity index (χ1) is 4.84. The van der Waals surface area contributed by atoms with E-state index in [1.54, 1.807) is 6.08 Å². The Morgan fingerprint density at radius 3 is 3.10 bits per heavy atom. The molecule has 0 bridgehead atoms. The van der Waals surface area contributed by atoms with Gasteiger partial charge in [-0.1, -0.05) is 6.92 Å². The van der Waals surface area contributed by atoms with Crippen molar-refractivity contribution in [3.05, 3.63) is 6.42 Å². The number of carbonyl (C=O) groups excluding carboxylic acids is 1. The Balaban J connectivity index is 2.47. The minimum Gasteiger partial charge on any atom is -0.211 e. The molecule has 2 nitrogen and oxygen atoms in total. The Morgan fingerprint density at radius 1 is 1.70 bits per heavy atom. The quantitative estimate of drug-likeness (QED) is 0.400. The van der Waals surface area contributed by atoms with Crippen LogP contribution in [0, 0.1) is 12.3 Å². The molecule has 0 aliphatic heterocycles. The van der Waals surface area contributed by atoms with Crippen LogP contribution in [0.4, 0.5) is 0 Å². The minimum absolute atomic E-state index is 0.214. The average Bonchev–Trinajstić information content (AvgIpc) is 1.94. The number of aliphatic imine (C=N–C) groups is 1. The molecule has 0 aromatic heterocycles. The van der Waals surface area contributed by atoms with Gasteiger partial charge in [0.2, 0.25) is 6.08 Å². The smallest absolute Gasteiger partial charge is 0.211 e. The summed E-state index contributed by atoms with van der Waals surface area (Å²) in [4.78, 5) is 13.6. The Kier molecular flexibility index (Phi) is 2.64. The highest BCUT2D eigenvalue weighted by atomic mass is 16.1. The Labute approximate surface area is 61.3 Å². The Hall–Kier alpha value is -0.620. The molecule has 1 radical (unpaired) electrons. The molecule has 55 valence electrons. The molecular weight excluding hydrogens is 126 g/mol. The lowest BCUT2D eigenvalue weighted by atomic mass is 9.86. The van der Waals surface area contributed by atoms with Crippen LogP contribution in [-0.2, 0) is 4.79 Å². The molecule has 0 aromatic rings. The van der Waals surface area contributed by atoms with Crippen molar-refractivity contribution in [1.29, 1.82) is 0 Å². The summed E-state index contributed by atoms with van der Waals surface area (Å²) in [5.41, 5.74) is 0. The third-order valence-electron chi connectivity index (χ3n) is 2.11. The monoisotopic (exact) mass is 138 g/mol. The fraction of sp³-hybridized carbons (Fsp3) is 0.750. The van der Waals surface area contributed by atoms with E-state index in [9.17, 15) is 4.79 Å². The first kappa shape index (κ1) is 7.49. The van der Waals surface area contributed by atoms with Gasteiger partial charge < -0.3 is 0 Å². The predicted molar refractivity (Wildman–Crippen MR) is 39.2 cm³/mol. The van der Waals surface area contributed by atoms with Crippen molar-refractivity contribution in [1.82, 2.24) is 0 Å². The normalized spacial score (nSPS) is 32.9. The second kappa shape index (κ2) is 3.52. The molecule has 1 rings (SSSR count). The highest BCUT2D eigenvalue weighted by Crippen LogP contribution is 2.24. The molecule has 0 saturated heterocycles. The van der Waals surface area contributed by atoms with Crippen LogP contribution in [-0.4, -0.2) is 12.1 Å². The van der Waals surface area contributed by atoms with Gasteiger partial charge in [0.15, 0.2) is 0 Å². The summed E-state index contributed by atoms with van der Waals surface area (Å²) in [5, 5.41) is 0. The summed E-state index contributed by atoms with van der Waals surface area (Å²) in [6.07, 6.45) is 7.11. The summed E-state index contributed by atoms with van der Waals surface area (Å²) in [7, 11) is 0. The van der Waals surface area contributed by atoms with E-state index in [1.165, 1.54) is 6.42 Å². The zero-order chi connectivity index (χ0) is 7.40. The van der Waals surface area contributed by atoms with Crippen LogP contribution in [0.5, 0.6) is 0 Å². The molecule has 0 spiro atoms. The van der Waals surface area contributed by atoms with Crippen molar-refractivity contribution in [2.45, 2.75) is 32.2 Å². The molecule has 0 aromatic carbocycles. The first-order valence-electron chi connectivity index (χ1n) is 3.73. The lowest BCUT2D eigenvalue weighted by molar-refractivity contribution is 0.377. The maximum absolute atomic E-state index is 9.91. The minimum atomic E-state index is 0.214. The van der Waals surface area contributed by atoms with E-state index in [0.29, 0.717) is 5.92 Å². The molecule has 0 amide bonds. The van der Waals surface area contributed by atoms with Crippen LogP contribution in [0.2, 0.25) is 0 Å². The van der Waals surface area contributed by atoms with Gasteiger partial charge in [-0.2, -0.15) is 0 Å². The third kappa shape index (κ3) is 1.68. The van der Waals surface area contributed by atoms with Crippen LogP contribution in [0.25, 0.3) is 0 Å². The lowest BCUT2D eigenvalue weighted by Crippen LogP contribution is -2.20. The average molecular weight is 138 g/mol. The third-order valence-corrected chi connectivity index (χ3v) is 2.11. The second-order valence-corrected chi connectivity index (χ2v) is 2.87. The molecule has 1 aliphatic carbocycles. The molecule has 10 heavy (non-hydrogen) atoms. The van der Waals surface area contributed by atoms with Gasteiger partial charge in [0, 0.05) is 0 Å². The van der Waals surface area contributed by atoms with Crippen LogP contribution in [0.15, 0.2) is 4.99 Å². The topological polar surface area (TPSA) is 29.4 Å². The molecule has 1 saturated carbocycles. The van der Waals surface area contributed by atoms with Crippen LogP contribution in [0.3, 0.4) is 0 Å². The van der Waals surface area contributed by atoms with Crippen molar-refractivity contribution in [3.63, 3.8) is 0 Å². The fourth-order valence-electron chi connectivity index (χ4n) is 1.34. The van der Waals surface area contributed by atoms with E-state index in [4.69, 9.17) is 0 Å². The molecular formula is C8H12NO. The summed E-state index contributed by atoms with van der Waals surface area (Å²) in [6.45, 7) is 2.14. The van der Waals surface area contributed by atoms with Crippen molar-refractivity contribution in [3.8, 4) is 0 Å². The molecule has 2 atom stereocenters. The molecule has 0 heterocycles. The predicted octanol–water partition coefficient (Wildman–Crippen LogP) is 1.72. The molecule has 2 unspecified atom stereocenters. The van der Waals surface area contributed by atoms with Crippen molar-refractivity contribution < 1.29 is 4.79 Å². The summed E-state index contributed by atoms with van der Waals surface area (Å²) < 4.78 is 0. The number of hydrogen-bond acceptors (Lipinski definition) is 2. The number of rotatable bonds is 1. The van der Waals surface area contributed by atoms with E-state index < -0.39 is 0 Å². The van der Waals surface area contributed by atoms with Gasteiger partial charge in [0.05, 0.1) is 6.04 Å². The fourth-order valence-corrected chi connectivity index (χ4v) is 1.34. The Morgan fingerprint density at radius 2 is 2.50 bits per heavy atom.